The van der Waals surface area contributed by atoms with E-state index in [1.807, 2.05) is 30.3 Å². The van der Waals surface area contributed by atoms with Crippen LogP contribution in [0.4, 0.5) is 10.1 Å². The summed E-state index contributed by atoms with van der Waals surface area (Å²) in [5.74, 6) is -1.21. The molecule has 0 spiro atoms. The highest BCUT2D eigenvalue weighted by atomic mass is 35.5. The molecule has 4 aromatic rings. The zero-order valence-corrected chi connectivity index (χ0v) is 26.1. The fourth-order valence-corrected chi connectivity index (χ4v) is 9.21. The van der Waals surface area contributed by atoms with Crippen LogP contribution in [0.2, 0.25) is 5.02 Å². The van der Waals surface area contributed by atoms with Crippen LogP contribution in [0, 0.1) is 17.3 Å². The Kier molecular flexibility index (Phi) is 8.03. The molecule has 0 radical (unpaired) electrons. The summed E-state index contributed by atoms with van der Waals surface area (Å²) in [5, 5.41) is 27.1. The predicted molar refractivity (Wildman–Crippen MR) is 162 cm³/mol. The molecule has 1 amide bonds. The summed E-state index contributed by atoms with van der Waals surface area (Å²) in [6, 6.07) is 13.9. The van der Waals surface area contributed by atoms with Crippen molar-refractivity contribution in [1.82, 2.24) is 19.0 Å². The maximum atomic E-state index is 14.5. The molecule has 6 rings (SSSR count). The van der Waals surface area contributed by atoms with Gasteiger partial charge in [0, 0.05) is 47.7 Å². The number of pyridine rings is 1. The summed E-state index contributed by atoms with van der Waals surface area (Å²) in [7, 11) is -4.26. The number of halogens is 2. The van der Waals surface area contributed by atoms with Crippen LogP contribution in [-0.2, 0) is 28.6 Å². The van der Waals surface area contributed by atoms with Crippen LogP contribution in [0.15, 0.2) is 57.9 Å². The van der Waals surface area contributed by atoms with Crippen LogP contribution in [-0.4, -0.2) is 50.5 Å². The van der Waals surface area contributed by atoms with Gasteiger partial charge in [0.15, 0.2) is 5.76 Å². The van der Waals surface area contributed by atoms with E-state index in [4.69, 9.17) is 21.4 Å². The number of rotatable bonds is 8. The number of nitrogens with one attached hydrogen (secondary N) is 1. The molecule has 0 aliphatic carbocycles. The zero-order chi connectivity index (χ0) is 32.1. The average molecular weight is 653 g/mol. The molecule has 3 unspecified atom stereocenters. The van der Waals surface area contributed by atoms with Gasteiger partial charge >= 0.3 is 0 Å². The Morgan fingerprint density at radius 1 is 1.27 bits per heavy atom. The molecule has 1 fully saturated rings. The number of nitrogens with zero attached hydrogens (tertiary/aromatic N) is 5. The number of anilines is 1. The van der Waals surface area contributed by atoms with Crippen LogP contribution in [0.25, 0.3) is 11.3 Å². The Morgan fingerprint density at radius 2 is 2.02 bits per heavy atom. The summed E-state index contributed by atoms with van der Waals surface area (Å²) in [6.45, 7) is 3.75. The van der Waals surface area contributed by atoms with Crippen LogP contribution in [0.1, 0.15) is 67.1 Å². The second-order valence-electron chi connectivity index (χ2n) is 11.7. The molecule has 14 heteroatoms. The highest BCUT2D eigenvalue weighted by Gasteiger charge is 2.47. The van der Waals surface area contributed by atoms with E-state index in [1.165, 1.54) is 10.4 Å². The standard InChI is InChI=1S/C31H30ClFN6O5S/c1-18-10-11-22(16-31(2,41)25-15-24(44-37-25)19-7-4-3-5-8-19)39(18)45(42,43)29-23-9-6-12-38(23)28(27(29)32)30(40)36-20-13-21(17-34)35-26(33)14-20/h3-5,7-8,13-15,18,22,41H,6,9-12,16H2,1-2H3,(H,35,36,40). The first kappa shape index (κ1) is 30.9. The molecule has 234 valence electrons. The first-order valence-electron chi connectivity index (χ1n) is 14.5. The number of hydrogen-bond donors (Lipinski definition) is 2. The highest BCUT2D eigenvalue weighted by molar-refractivity contribution is 7.89. The maximum absolute atomic E-state index is 14.5. The van der Waals surface area contributed by atoms with E-state index in [-0.39, 0.29) is 39.1 Å². The minimum atomic E-state index is -4.26. The fourth-order valence-electron chi connectivity index (χ4n) is 6.42. The Bertz CT molecular complexity index is 1940. The predicted octanol–water partition coefficient (Wildman–Crippen LogP) is 5.24. The van der Waals surface area contributed by atoms with E-state index >= 15 is 0 Å². The summed E-state index contributed by atoms with van der Waals surface area (Å²) in [4.78, 5) is 16.7. The molecular formula is C31H30ClFN6O5S. The van der Waals surface area contributed by atoms with E-state index in [0.717, 1.165) is 11.6 Å². The number of fused-ring (bicyclic) bond motifs is 1. The molecule has 11 nitrogen and oxygen atoms in total. The summed E-state index contributed by atoms with van der Waals surface area (Å²) >= 11 is 6.75. The molecule has 1 aromatic carbocycles. The van der Waals surface area contributed by atoms with Crippen molar-refractivity contribution in [1.29, 1.82) is 5.26 Å². The van der Waals surface area contributed by atoms with Crippen LogP contribution in [0.5, 0.6) is 0 Å². The van der Waals surface area contributed by atoms with Gasteiger partial charge in [0.25, 0.3) is 5.91 Å². The Balaban J connectivity index is 1.31. The zero-order valence-electron chi connectivity index (χ0n) is 24.5. The molecular weight excluding hydrogens is 623 g/mol. The molecule has 1 saturated heterocycles. The number of hydrogen-bond acceptors (Lipinski definition) is 8. The molecule has 0 bridgehead atoms. The monoisotopic (exact) mass is 652 g/mol. The number of aromatic nitrogens is 3. The first-order chi connectivity index (χ1) is 21.4. The molecule has 0 saturated carbocycles. The molecule has 3 aromatic heterocycles. The number of nitriles is 1. The van der Waals surface area contributed by atoms with Gasteiger partial charge in [-0.25, -0.2) is 13.4 Å². The summed E-state index contributed by atoms with van der Waals surface area (Å²) in [5.41, 5.74) is -0.334. The smallest absolute Gasteiger partial charge is 0.273 e. The second kappa shape index (κ2) is 11.7. The number of carbonyl (C=O) groups is 1. The lowest BCUT2D eigenvalue weighted by atomic mass is 9.92. The molecule has 2 aliphatic rings. The van der Waals surface area contributed by atoms with Gasteiger partial charge in [-0.05, 0) is 52.0 Å². The Morgan fingerprint density at radius 3 is 2.76 bits per heavy atom. The number of aliphatic hydroxyl groups is 1. The van der Waals surface area contributed by atoms with Gasteiger partial charge in [-0.15, -0.1) is 0 Å². The van der Waals surface area contributed by atoms with Crippen LogP contribution in [0.3, 0.4) is 0 Å². The summed E-state index contributed by atoms with van der Waals surface area (Å²) in [6.07, 6.45) is 2.09. The maximum Gasteiger partial charge on any atom is 0.273 e. The SMILES string of the molecule is CC1CCC(CC(C)(O)c2cc(-c3ccccc3)on2)N1S(=O)(=O)c1c(Cl)c(C(=O)Nc2cc(F)nc(C#N)c2)n2c1CCC2. The van der Waals surface area contributed by atoms with E-state index in [2.05, 4.69) is 15.5 Å². The lowest BCUT2D eigenvalue weighted by molar-refractivity contribution is 0.0229. The van der Waals surface area contributed by atoms with Gasteiger partial charge in [-0.2, -0.15) is 14.0 Å². The fraction of sp³-hybridized carbons (Fsp3) is 0.355. The van der Waals surface area contributed by atoms with E-state index in [0.29, 0.717) is 43.7 Å². The van der Waals surface area contributed by atoms with Crippen molar-refractivity contribution in [3.63, 3.8) is 0 Å². The normalized spacial score (nSPS) is 19.6. The van der Waals surface area contributed by atoms with Gasteiger partial charge in [0.1, 0.15) is 33.6 Å². The Labute approximate surface area is 264 Å². The van der Waals surface area contributed by atoms with E-state index in [1.54, 1.807) is 30.6 Å². The van der Waals surface area contributed by atoms with E-state index < -0.39 is 39.6 Å². The topological polar surface area (TPSA) is 154 Å². The minimum Gasteiger partial charge on any atom is -0.384 e. The second-order valence-corrected chi connectivity index (χ2v) is 13.8. The van der Waals surface area contributed by atoms with Gasteiger partial charge in [0.05, 0.1) is 5.02 Å². The number of amides is 1. The molecule has 5 heterocycles. The third-order valence-electron chi connectivity index (χ3n) is 8.44. The van der Waals surface area contributed by atoms with Crippen molar-refractivity contribution in [3.8, 4) is 17.4 Å². The van der Waals surface area contributed by atoms with Crippen molar-refractivity contribution in [3.05, 3.63) is 82.3 Å². The lowest BCUT2D eigenvalue weighted by Gasteiger charge is -2.32. The molecule has 45 heavy (non-hydrogen) atoms. The number of benzene rings is 1. The molecule has 2 aliphatic heterocycles. The lowest BCUT2D eigenvalue weighted by Crippen LogP contribution is -2.43. The van der Waals surface area contributed by atoms with Crippen LogP contribution >= 0.6 is 11.6 Å². The van der Waals surface area contributed by atoms with Crippen molar-refractivity contribution in [2.45, 2.75) is 75.1 Å². The third-order valence-corrected chi connectivity index (χ3v) is 11.1. The van der Waals surface area contributed by atoms with Crippen molar-refractivity contribution < 1.29 is 27.2 Å². The van der Waals surface area contributed by atoms with Crippen molar-refractivity contribution in [2.24, 2.45) is 0 Å². The molecule has 2 N–H and O–H groups in total. The van der Waals surface area contributed by atoms with Gasteiger partial charge in [-0.3, -0.25) is 4.79 Å². The van der Waals surface area contributed by atoms with Crippen molar-refractivity contribution >= 4 is 33.2 Å². The molecule has 3 atom stereocenters. The highest BCUT2D eigenvalue weighted by Crippen LogP contribution is 2.43. The largest absolute Gasteiger partial charge is 0.384 e. The summed E-state index contributed by atoms with van der Waals surface area (Å²) < 4.78 is 51.3. The number of sulfonamides is 1. The average Bonchev–Trinajstić information content (AvgIpc) is 3.77. The van der Waals surface area contributed by atoms with Gasteiger partial charge in [0.2, 0.25) is 16.0 Å². The quantitative estimate of drug-likeness (QED) is 0.245. The van der Waals surface area contributed by atoms with Gasteiger partial charge in [-0.1, -0.05) is 47.1 Å². The Hall–Kier alpha value is -4.09. The van der Waals surface area contributed by atoms with Crippen LogP contribution < -0.4 is 5.32 Å². The first-order valence-corrected chi connectivity index (χ1v) is 16.3. The van der Waals surface area contributed by atoms with Gasteiger partial charge < -0.3 is 19.5 Å². The third kappa shape index (κ3) is 5.63. The van der Waals surface area contributed by atoms with Crippen molar-refractivity contribution in [2.75, 3.05) is 5.32 Å². The number of carbonyl (C=O) groups excluding carboxylic acids is 1. The minimum absolute atomic E-state index is 0.0168. The van der Waals surface area contributed by atoms with E-state index in [9.17, 15) is 22.7 Å².